The third kappa shape index (κ3) is 3.45. The van der Waals surface area contributed by atoms with E-state index in [1.807, 2.05) is 47.4 Å². The second-order valence-electron chi connectivity index (χ2n) is 7.23. The van der Waals surface area contributed by atoms with Gasteiger partial charge in [0, 0.05) is 31.0 Å². The molecule has 1 spiro atoms. The zero-order valence-corrected chi connectivity index (χ0v) is 14.6. The number of nitrogens with zero attached hydrogens (tertiary/aromatic N) is 1. The molecule has 0 radical (unpaired) electrons. The van der Waals surface area contributed by atoms with Gasteiger partial charge in [0.15, 0.2) is 0 Å². The number of hydrogen-bond donors (Lipinski definition) is 2. The van der Waals surface area contributed by atoms with Crippen molar-refractivity contribution in [2.24, 2.45) is 11.3 Å². The summed E-state index contributed by atoms with van der Waals surface area (Å²) in [5.74, 6) is 0.818. The molecule has 26 heavy (non-hydrogen) atoms. The molecule has 1 aliphatic carbocycles. The Kier molecular flexibility index (Phi) is 4.41. The van der Waals surface area contributed by atoms with Crippen molar-refractivity contribution in [3.63, 3.8) is 0 Å². The van der Waals surface area contributed by atoms with Crippen molar-refractivity contribution in [1.29, 1.82) is 0 Å². The third-order valence-corrected chi connectivity index (χ3v) is 5.48. The van der Waals surface area contributed by atoms with Gasteiger partial charge in [0.2, 0.25) is 5.91 Å². The summed E-state index contributed by atoms with van der Waals surface area (Å²) in [5.41, 5.74) is 1.05. The third-order valence-electron chi connectivity index (χ3n) is 5.48. The standard InChI is InChI=1S/C20H23N3O3/c24-18(21-13-16-7-4-10-26-16)17-11-20(17)8-9-23(14-20)19(25)22-12-15-5-2-1-3-6-15/h1-7,10,17H,8-9,11-14H2,(H,21,24)(H,22,25)/t17-,20-/m0/s1. The highest BCUT2D eigenvalue weighted by Crippen LogP contribution is 2.58. The van der Waals surface area contributed by atoms with Crippen LogP contribution in [-0.2, 0) is 17.9 Å². The van der Waals surface area contributed by atoms with Crippen LogP contribution in [0.15, 0.2) is 53.1 Å². The normalized spacial score (nSPS) is 23.8. The van der Waals surface area contributed by atoms with Gasteiger partial charge in [-0.05, 0) is 30.5 Å². The van der Waals surface area contributed by atoms with Crippen molar-refractivity contribution < 1.29 is 14.0 Å². The summed E-state index contributed by atoms with van der Waals surface area (Å²) in [5, 5.41) is 5.91. The monoisotopic (exact) mass is 353 g/mol. The van der Waals surface area contributed by atoms with Gasteiger partial charge in [-0.2, -0.15) is 0 Å². The smallest absolute Gasteiger partial charge is 0.317 e. The lowest BCUT2D eigenvalue weighted by atomic mass is 10.0. The molecule has 1 aliphatic heterocycles. The summed E-state index contributed by atoms with van der Waals surface area (Å²) in [6.07, 6.45) is 3.35. The zero-order chi connectivity index (χ0) is 18.0. The number of urea groups is 1. The van der Waals surface area contributed by atoms with Crippen LogP contribution in [0.25, 0.3) is 0 Å². The second-order valence-corrected chi connectivity index (χ2v) is 7.23. The summed E-state index contributed by atoms with van der Waals surface area (Å²) >= 11 is 0. The minimum absolute atomic E-state index is 0.00406. The van der Waals surface area contributed by atoms with E-state index in [1.165, 1.54) is 0 Å². The molecule has 2 heterocycles. The van der Waals surface area contributed by atoms with Crippen LogP contribution in [0.4, 0.5) is 4.79 Å². The Balaban J connectivity index is 1.24. The molecule has 1 saturated heterocycles. The van der Waals surface area contributed by atoms with E-state index in [1.54, 1.807) is 6.26 Å². The molecule has 0 bridgehead atoms. The lowest BCUT2D eigenvalue weighted by Crippen LogP contribution is -2.38. The predicted octanol–water partition coefficient (Wildman–Crippen LogP) is 2.52. The van der Waals surface area contributed by atoms with Gasteiger partial charge in [0.1, 0.15) is 5.76 Å². The minimum atomic E-state index is -0.0487. The van der Waals surface area contributed by atoms with Crippen LogP contribution in [0.3, 0.4) is 0 Å². The maximum atomic E-state index is 12.4. The van der Waals surface area contributed by atoms with E-state index in [0.717, 1.165) is 24.2 Å². The molecule has 2 aliphatic rings. The molecule has 0 unspecified atom stereocenters. The van der Waals surface area contributed by atoms with E-state index in [2.05, 4.69) is 10.6 Å². The van der Waals surface area contributed by atoms with E-state index >= 15 is 0 Å². The van der Waals surface area contributed by atoms with Crippen molar-refractivity contribution in [3.8, 4) is 0 Å². The first-order chi connectivity index (χ1) is 12.7. The van der Waals surface area contributed by atoms with Crippen LogP contribution in [-0.4, -0.2) is 29.9 Å². The number of hydrogen-bond acceptors (Lipinski definition) is 3. The molecular formula is C20H23N3O3. The molecular weight excluding hydrogens is 330 g/mol. The first kappa shape index (κ1) is 16.7. The molecule has 2 aromatic rings. The summed E-state index contributed by atoms with van der Waals surface area (Å²) in [4.78, 5) is 26.6. The number of carbonyl (C=O) groups is 2. The first-order valence-corrected chi connectivity index (χ1v) is 9.03. The first-order valence-electron chi connectivity index (χ1n) is 9.03. The van der Waals surface area contributed by atoms with Crippen LogP contribution in [0, 0.1) is 11.3 Å². The van der Waals surface area contributed by atoms with Crippen molar-refractivity contribution >= 4 is 11.9 Å². The van der Waals surface area contributed by atoms with E-state index in [4.69, 9.17) is 4.42 Å². The van der Waals surface area contributed by atoms with Crippen LogP contribution >= 0.6 is 0 Å². The molecule has 136 valence electrons. The quantitative estimate of drug-likeness (QED) is 0.867. The van der Waals surface area contributed by atoms with Crippen LogP contribution in [0.1, 0.15) is 24.2 Å². The number of rotatable bonds is 5. The average molecular weight is 353 g/mol. The molecule has 1 aromatic heterocycles. The Bertz CT molecular complexity index is 775. The van der Waals surface area contributed by atoms with Gasteiger partial charge in [-0.3, -0.25) is 4.79 Å². The number of furan rings is 1. The Labute approximate surface area is 152 Å². The highest BCUT2D eigenvalue weighted by Gasteiger charge is 2.61. The van der Waals surface area contributed by atoms with Gasteiger partial charge < -0.3 is 20.0 Å². The topological polar surface area (TPSA) is 74.6 Å². The highest BCUT2D eigenvalue weighted by atomic mass is 16.3. The van der Waals surface area contributed by atoms with E-state index in [-0.39, 0.29) is 23.3 Å². The van der Waals surface area contributed by atoms with Crippen LogP contribution in [0.5, 0.6) is 0 Å². The SMILES string of the molecule is O=C(NCc1ccco1)[C@@H]1C[C@]12CCN(C(=O)NCc1ccccc1)C2. The van der Waals surface area contributed by atoms with E-state index < -0.39 is 0 Å². The largest absolute Gasteiger partial charge is 0.467 e. The summed E-state index contributed by atoms with van der Waals surface area (Å²) in [6.45, 7) is 2.31. The highest BCUT2D eigenvalue weighted by molar-refractivity contribution is 5.83. The van der Waals surface area contributed by atoms with Crippen molar-refractivity contribution in [1.82, 2.24) is 15.5 Å². The molecule has 1 aromatic carbocycles. The fourth-order valence-corrected chi connectivity index (χ4v) is 3.83. The Morgan fingerprint density at radius 1 is 1.12 bits per heavy atom. The van der Waals surface area contributed by atoms with Crippen molar-refractivity contribution in [2.45, 2.75) is 25.9 Å². The van der Waals surface area contributed by atoms with Crippen LogP contribution in [0.2, 0.25) is 0 Å². The average Bonchev–Trinajstić information content (AvgIpc) is 3.02. The molecule has 3 amide bonds. The number of likely N-dealkylation sites (tertiary alicyclic amines) is 1. The van der Waals surface area contributed by atoms with Gasteiger partial charge in [-0.25, -0.2) is 4.79 Å². The molecule has 2 atom stereocenters. The van der Waals surface area contributed by atoms with Gasteiger partial charge in [-0.15, -0.1) is 0 Å². The molecule has 1 saturated carbocycles. The lowest BCUT2D eigenvalue weighted by Gasteiger charge is -2.17. The molecule has 6 heteroatoms. The van der Waals surface area contributed by atoms with Crippen molar-refractivity contribution in [3.05, 3.63) is 60.1 Å². The van der Waals surface area contributed by atoms with Crippen molar-refractivity contribution in [2.75, 3.05) is 13.1 Å². The predicted molar refractivity (Wildman–Crippen MR) is 96.0 cm³/mol. The minimum Gasteiger partial charge on any atom is -0.467 e. The molecule has 2 N–H and O–H groups in total. The summed E-state index contributed by atoms with van der Waals surface area (Å²) in [6, 6.07) is 13.5. The molecule has 4 rings (SSSR count). The number of amides is 3. The number of benzene rings is 1. The molecule has 6 nitrogen and oxygen atoms in total. The fourth-order valence-electron chi connectivity index (χ4n) is 3.83. The van der Waals surface area contributed by atoms with Gasteiger partial charge in [0.25, 0.3) is 0 Å². The van der Waals surface area contributed by atoms with Gasteiger partial charge >= 0.3 is 6.03 Å². The number of carbonyl (C=O) groups excluding carboxylic acids is 2. The lowest BCUT2D eigenvalue weighted by molar-refractivity contribution is -0.123. The van der Waals surface area contributed by atoms with E-state index in [0.29, 0.717) is 26.2 Å². The Morgan fingerprint density at radius 2 is 1.96 bits per heavy atom. The van der Waals surface area contributed by atoms with E-state index in [9.17, 15) is 9.59 Å². The van der Waals surface area contributed by atoms with Gasteiger partial charge in [-0.1, -0.05) is 30.3 Å². The maximum absolute atomic E-state index is 12.4. The fraction of sp³-hybridized carbons (Fsp3) is 0.400. The van der Waals surface area contributed by atoms with Crippen LogP contribution < -0.4 is 10.6 Å². The molecule has 2 fully saturated rings. The number of nitrogens with one attached hydrogen (secondary N) is 2. The Morgan fingerprint density at radius 3 is 2.73 bits per heavy atom. The maximum Gasteiger partial charge on any atom is 0.317 e. The summed E-state index contributed by atoms with van der Waals surface area (Å²) < 4.78 is 5.24. The summed E-state index contributed by atoms with van der Waals surface area (Å²) in [7, 11) is 0. The zero-order valence-electron chi connectivity index (χ0n) is 14.6. The van der Waals surface area contributed by atoms with Gasteiger partial charge in [0.05, 0.1) is 12.8 Å². The Hall–Kier alpha value is -2.76. The second kappa shape index (κ2) is 6.86.